The second kappa shape index (κ2) is 6.49. The highest BCUT2D eigenvalue weighted by molar-refractivity contribution is 5.81. The maximum absolute atomic E-state index is 14.1. The molecule has 5 nitrogen and oxygen atoms in total. The lowest BCUT2D eigenvalue weighted by Crippen LogP contribution is -2.39. The quantitative estimate of drug-likeness (QED) is 0.867. The van der Waals surface area contributed by atoms with Crippen molar-refractivity contribution in [3.63, 3.8) is 0 Å². The summed E-state index contributed by atoms with van der Waals surface area (Å²) in [5, 5.41) is 9.97. The lowest BCUT2D eigenvalue weighted by molar-refractivity contribution is -0.0778. The van der Waals surface area contributed by atoms with Gasteiger partial charge in [-0.25, -0.2) is 4.39 Å². The molecular weight excluding hydrogens is 299 g/mol. The second-order valence-electron chi connectivity index (χ2n) is 5.59. The molecule has 0 atom stereocenters. The van der Waals surface area contributed by atoms with Gasteiger partial charge in [0.05, 0.1) is 31.3 Å². The first-order chi connectivity index (χ1) is 11.2. The van der Waals surface area contributed by atoms with Crippen LogP contribution in [0.4, 0.5) is 4.39 Å². The van der Waals surface area contributed by atoms with Crippen LogP contribution in [0.15, 0.2) is 35.3 Å². The van der Waals surface area contributed by atoms with Crippen LogP contribution in [-0.2, 0) is 16.0 Å². The minimum Gasteiger partial charge on any atom is -0.381 e. The highest BCUT2D eigenvalue weighted by Crippen LogP contribution is 2.24. The maximum atomic E-state index is 14.1. The van der Waals surface area contributed by atoms with Crippen LogP contribution in [0, 0.1) is 17.1 Å². The molecule has 0 spiro atoms. The Morgan fingerprint density at radius 1 is 1.30 bits per heavy atom. The van der Waals surface area contributed by atoms with Crippen molar-refractivity contribution in [2.75, 3.05) is 19.8 Å². The summed E-state index contributed by atoms with van der Waals surface area (Å²) in [5.74, 6) is -0.443. The van der Waals surface area contributed by atoms with Crippen molar-refractivity contribution < 1.29 is 13.9 Å². The normalized spacial score (nSPS) is 17.0. The lowest BCUT2D eigenvalue weighted by atomic mass is 9.96. The molecule has 0 aliphatic carbocycles. The van der Waals surface area contributed by atoms with Gasteiger partial charge in [0.25, 0.3) is 5.56 Å². The first-order valence-electron chi connectivity index (χ1n) is 7.56. The van der Waals surface area contributed by atoms with E-state index in [4.69, 9.17) is 9.47 Å². The van der Waals surface area contributed by atoms with Crippen LogP contribution >= 0.6 is 0 Å². The molecule has 120 valence electrons. The summed E-state index contributed by atoms with van der Waals surface area (Å²) in [6.07, 6.45) is 2.20. The van der Waals surface area contributed by atoms with Crippen molar-refractivity contribution in [1.29, 1.82) is 5.26 Å². The van der Waals surface area contributed by atoms with Crippen LogP contribution in [0.2, 0.25) is 0 Å². The van der Waals surface area contributed by atoms with Crippen LogP contribution in [0.3, 0.4) is 0 Å². The number of nitrogens with zero attached hydrogens (tertiary/aromatic N) is 2. The Kier molecular flexibility index (Phi) is 4.42. The Hall–Kier alpha value is -2.23. The minimum absolute atomic E-state index is 0.172. The monoisotopic (exact) mass is 316 g/mol. The van der Waals surface area contributed by atoms with Gasteiger partial charge < -0.3 is 14.0 Å². The van der Waals surface area contributed by atoms with Gasteiger partial charge in [0.2, 0.25) is 0 Å². The average Bonchev–Trinajstić information content (AvgIpc) is 2.60. The van der Waals surface area contributed by atoms with E-state index in [1.54, 1.807) is 24.3 Å². The van der Waals surface area contributed by atoms with Gasteiger partial charge in [-0.15, -0.1) is 0 Å². The number of nitriles is 1. The third-order valence-electron chi connectivity index (χ3n) is 4.16. The summed E-state index contributed by atoms with van der Waals surface area (Å²) in [6.45, 7) is 1.34. The van der Waals surface area contributed by atoms with E-state index in [1.165, 1.54) is 10.8 Å². The van der Waals surface area contributed by atoms with Crippen LogP contribution in [-0.4, -0.2) is 30.0 Å². The number of pyridine rings is 1. The van der Waals surface area contributed by atoms with E-state index in [9.17, 15) is 14.4 Å². The highest BCUT2D eigenvalue weighted by Gasteiger charge is 2.33. The average molecular weight is 316 g/mol. The topological polar surface area (TPSA) is 64.2 Å². The van der Waals surface area contributed by atoms with E-state index in [-0.39, 0.29) is 18.7 Å². The minimum atomic E-state index is -0.864. The Morgan fingerprint density at radius 2 is 2.00 bits per heavy atom. The highest BCUT2D eigenvalue weighted by atomic mass is 19.1. The van der Waals surface area contributed by atoms with E-state index in [2.05, 4.69) is 6.07 Å². The SMILES string of the molecule is N#CC1(OCCn2cc(F)c3ccccc3c2=O)CCOCC1. The number of ether oxygens (including phenoxy) is 2. The molecule has 1 aromatic heterocycles. The van der Waals surface area contributed by atoms with E-state index < -0.39 is 11.4 Å². The van der Waals surface area contributed by atoms with E-state index in [0.29, 0.717) is 36.8 Å². The first-order valence-corrected chi connectivity index (χ1v) is 7.56. The summed E-state index contributed by atoms with van der Waals surface area (Å²) in [7, 11) is 0. The van der Waals surface area contributed by atoms with Gasteiger partial charge in [-0.1, -0.05) is 18.2 Å². The summed E-state index contributed by atoms with van der Waals surface area (Å²) < 4.78 is 26.3. The van der Waals surface area contributed by atoms with Crippen molar-refractivity contribution in [2.45, 2.75) is 25.0 Å². The largest absolute Gasteiger partial charge is 0.381 e. The molecule has 0 unspecified atom stereocenters. The summed E-state index contributed by atoms with van der Waals surface area (Å²) >= 11 is 0. The number of aromatic nitrogens is 1. The third kappa shape index (κ3) is 3.11. The summed E-state index contributed by atoms with van der Waals surface area (Å²) in [4.78, 5) is 12.4. The second-order valence-corrected chi connectivity index (χ2v) is 5.59. The maximum Gasteiger partial charge on any atom is 0.258 e. The number of benzene rings is 1. The van der Waals surface area contributed by atoms with Crippen molar-refractivity contribution in [2.24, 2.45) is 0 Å². The van der Waals surface area contributed by atoms with Gasteiger partial charge in [0.15, 0.2) is 5.60 Å². The summed E-state index contributed by atoms with van der Waals surface area (Å²) in [6, 6.07) is 8.78. The van der Waals surface area contributed by atoms with E-state index in [0.717, 1.165) is 0 Å². The molecule has 1 aromatic carbocycles. The summed E-state index contributed by atoms with van der Waals surface area (Å²) in [5.41, 5.74) is -1.12. The molecule has 1 aliphatic heterocycles. The van der Waals surface area contributed by atoms with E-state index in [1.807, 2.05) is 0 Å². The number of halogens is 1. The van der Waals surface area contributed by atoms with Gasteiger partial charge >= 0.3 is 0 Å². The van der Waals surface area contributed by atoms with Crippen LogP contribution in [0.1, 0.15) is 12.8 Å². The van der Waals surface area contributed by atoms with Crippen LogP contribution in [0.25, 0.3) is 10.8 Å². The van der Waals surface area contributed by atoms with Gasteiger partial charge in [-0.2, -0.15) is 5.26 Å². The fourth-order valence-corrected chi connectivity index (χ4v) is 2.79. The van der Waals surface area contributed by atoms with Crippen molar-refractivity contribution in [3.05, 3.63) is 46.6 Å². The van der Waals surface area contributed by atoms with Gasteiger partial charge in [-0.3, -0.25) is 4.79 Å². The Morgan fingerprint density at radius 3 is 2.70 bits per heavy atom. The van der Waals surface area contributed by atoms with Gasteiger partial charge in [0, 0.05) is 31.0 Å². The number of hydrogen-bond donors (Lipinski definition) is 0. The molecule has 0 N–H and O–H groups in total. The number of rotatable bonds is 4. The predicted octanol–water partition coefficient (Wildman–Crippen LogP) is 2.23. The predicted molar refractivity (Wildman–Crippen MR) is 82.5 cm³/mol. The molecule has 6 heteroatoms. The zero-order valence-electron chi connectivity index (χ0n) is 12.6. The Bertz CT molecular complexity index is 804. The third-order valence-corrected chi connectivity index (χ3v) is 4.16. The lowest BCUT2D eigenvalue weighted by Gasteiger charge is -2.30. The molecule has 1 saturated heterocycles. The van der Waals surface area contributed by atoms with Crippen molar-refractivity contribution in [1.82, 2.24) is 4.57 Å². The van der Waals surface area contributed by atoms with Crippen LogP contribution in [0.5, 0.6) is 0 Å². The van der Waals surface area contributed by atoms with Gasteiger partial charge in [-0.05, 0) is 6.07 Å². The Balaban J connectivity index is 1.76. The fourth-order valence-electron chi connectivity index (χ4n) is 2.79. The molecule has 1 aliphatic rings. The van der Waals surface area contributed by atoms with Crippen LogP contribution < -0.4 is 5.56 Å². The molecule has 0 bridgehead atoms. The molecule has 2 heterocycles. The number of hydrogen-bond acceptors (Lipinski definition) is 4. The molecular formula is C17H17FN2O3. The molecule has 3 rings (SSSR count). The zero-order chi connectivity index (χ0) is 16.3. The van der Waals surface area contributed by atoms with Crippen molar-refractivity contribution >= 4 is 10.8 Å². The molecule has 1 fully saturated rings. The molecule has 0 saturated carbocycles. The molecule has 0 radical (unpaired) electrons. The fraction of sp³-hybridized carbons (Fsp3) is 0.412. The van der Waals surface area contributed by atoms with Gasteiger partial charge in [0.1, 0.15) is 5.82 Å². The molecule has 2 aromatic rings. The smallest absolute Gasteiger partial charge is 0.258 e. The molecule has 23 heavy (non-hydrogen) atoms. The Labute approximate surface area is 132 Å². The van der Waals surface area contributed by atoms with E-state index >= 15 is 0 Å². The zero-order valence-corrected chi connectivity index (χ0v) is 12.6. The number of fused-ring (bicyclic) bond motifs is 1. The first kappa shape index (κ1) is 15.7. The molecule has 0 amide bonds. The van der Waals surface area contributed by atoms with Crippen molar-refractivity contribution in [3.8, 4) is 6.07 Å². The standard InChI is InChI=1S/C17H17FN2O3/c18-15-11-20(16(21)14-4-2-1-3-13(14)15)7-10-23-17(12-19)5-8-22-9-6-17/h1-4,11H,5-10H2.